The Morgan fingerprint density at radius 1 is 1.41 bits per heavy atom. The van der Waals surface area contributed by atoms with E-state index in [1.54, 1.807) is 6.07 Å². The lowest BCUT2D eigenvalue weighted by atomic mass is 10.2. The summed E-state index contributed by atoms with van der Waals surface area (Å²) in [6.07, 6.45) is 2.02. The second kappa shape index (κ2) is 6.86. The fourth-order valence-electron chi connectivity index (χ4n) is 2.19. The molecule has 1 aromatic rings. The third-order valence-electron chi connectivity index (χ3n) is 3.44. The number of hydrogen-bond acceptors (Lipinski definition) is 4. The molecule has 1 saturated carbocycles. The van der Waals surface area contributed by atoms with Gasteiger partial charge in [0.1, 0.15) is 4.21 Å². The van der Waals surface area contributed by atoms with Crippen LogP contribution in [0.25, 0.3) is 0 Å². The molecule has 0 aliphatic heterocycles. The Kier molecular flexibility index (Phi) is 5.53. The van der Waals surface area contributed by atoms with Gasteiger partial charge in [0, 0.05) is 19.6 Å². The normalized spacial score (nSPS) is 15.5. The number of amides is 1. The van der Waals surface area contributed by atoms with Crippen molar-refractivity contribution in [2.45, 2.75) is 36.9 Å². The molecule has 1 amide bonds. The number of carbonyl (C=O) groups is 1. The maximum Gasteiger partial charge on any atom is 0.252 e. The maximum absolute atomic E-state index is 12.5. The Morgan fingerprint density at radius 3 is 2.50 bits per heavy atom. The molecule has 0 N–H and O–H groups in total. The molecule has 0 unspecified atom stereocenters. The van der Waals surface area contributed by atoms with Gasteiger partial charge in [0.2, 0.25) is 5.91 Å². The number of likely N-dealkylation sites (N-methyl/N-ethyl adjacent to an activating group) is 1. The minimum Gasteiger partial charge on any atom is -0.338 e. The summed E-state index contributed by atoms with van der Waals surface area (Å²) >= 11 is 6.79. The molecule has 0 saturated heterocycles. The summed E-state index contributed by atoms with van der Waals surface area (Å²) in [6.45, 7) is 4.64. The average molecular weight is 365 g/mol. The summed E-state index contributed by atoms with van der Waals surface area (Å²) in [5, 5.41) is 0. The molecule has 1 heterocycles. The van der Waals surface area contributed by atoms with Crippen LogP contribution in [0.3, 0.4) is 0 Å². The van der Waals surface area contributed by atoms with Gasteiger partial charge in [0.05, 0.1) is 10.9 Å². The molecule has 8 heteroatoms. The van der Waals surface area contributed by atoms with E-state index in [1.807, 2.05) is 4.90 Å². The van der Waals surface area contributed by atoms with E-state index in [2.05, 4.69) is 13.8 Å². The summed E-state index contributed by atoms with van der Waals surface area (Å²) < 4.78 is 26.5. The van der Waals surface area contributed by atoms with E-state index >= 15 is 0 Å². The molecule has 124 valence electrons. The van der Waals surface area contributed by atoms with Gasteiger partial charge in [-0.05, 0) is 30.9 Å². The number of hydrogen-bond donors (Lipinski definition) is 0. The highest BCUT2D eigenvalue weighted by Gasteiger charge is 2.34. The van der Waals surface area contributed by atoms with E-state index < -0.39 is 10.0 Å². The molecule has 0 bridgehead atoms. The predicted molar refractivity (Wildman–Crippen MR) is 88.7 cm³/mol. The van der Waals surface area contributed by atoms with E-state index in [4.69, 9.17) is 11.6 Å². The van der Waals surface area contributed by atoms with E-state index in [9.17, 15) is 13.2 Å². The molecule has 5 nitrogen and oxygen atoms in total. The van der Waals surface area contributed by atoms with Crippen LogP contribution < -0.4 is 0 Å². The van der Waals surface area contributed by atoms with Crippen LogP contribution in [0.2, 0.25) is 4.34 Å². The number of carbonyl (C=O) groups excluding carboxylic acids is 1. The van der Waals surface area contributed by atoms with Gasteiger partial charge in [0.15, 0.2) is 0 Å². The van der Waals surface area contributed by atoms with E-state index in [0.717, 1.165) is 28.5 Å². The second-order valence-corrected chi connectivity index (χ2v) is 9.98. The van der Waals surface area contributed by atoms with Crippen molar-refractivity contribution in [1.82, 2.24) is 9.21 Å². The number of thiophene rings is 1. The molecule has 0 aromatic carbocycles. The number of halogens is 1. The number of rotatable bonds is 7. The lowest BCUT2D eigenvalue weighted by molar-refractivity contribution is -0.132. The van der Waals surface area contributed by atoms with Crippen LogP contribution in [-0.2, 0) is 14.8 Å². The zero-order chi connectivity index (χ0) is 16.5. The quantitative estimate of drug-likeness (QED) is 0.747. The second-order valence-electron chi connectivity index (χ2n) is 5.99. The average Bonchev–Trinajstić information content (AvgIpc) is 3.16. The zero-order valence-electron chi connectivity index (χ0n) is 13.0. The van der Waals surface area contributed by atoms with Crippen LogP contribution in [-0.4, -0.2) is 49.7 Å². The first kappa shape index (κ1) is 17.7. The molecular weight excluding hydrogens is 344 g/mol. The molecule has 1 aliphatic rings. The summed E-state index contributed by atoms with van der Waals surface area (Å²) in [5.74, 6) is 0.229. The summed E-state index contributed by atoms with van der Waals surface area (Å²) in [4.78, 5) is 14.3. The van der Waals surface area contributed by atoms with Gasteiger partial charge in [-0.15, -0.1) is 11.3 Å². The highest BCUT2D eigenvalue weighted by Crippen LogP contribution is 2.29. The molecule has 0 spiro atoms. The van der Waals surface area contributed by atoms with E-state index in [0.29, 0.717) is 16.8 Å². The third kappa shape index (κ3) is 4.22. The molecule has 1 aliphatic carbocycles. The molecule has 0 atom stereocenters. The van der Waals surface area contributed by atoms with Crippen molar-refractivity contribution in [2.75, 3.05) is 20.1 Å². The molecule has 1 aromatic heterocycles. The molecule has 22 heavy (non-hydrogen) atoms. The smallest absolute Gasteiger partial charge is 0.252 e. The Labute approximate surface area is 140 Å². The predicted octanol–water partition coefficient (Wildman–Crippen LogP) is 2.67. The largest absolute Gasteiger partial charge is 0.338 e. The summed E-state index contributed by atoms with van der Waals surface area (Å²) in [6, 6.07) is 3.29. The van der Waals surface area contributed by atoms with Crippen molar-refractivity contribution >= 4 is 38.9 Å². The fraction of sp³-hybridized carbons (Fsp3) is 0.643. The molecular formula is C14H21ClN2O3S2. The van der Waals surface area contributed by atoms with Gasteiger partial charge < -0.3 is 4.90 Å². The maximum atomic E-state index is 12.5. The number of sulfonamides is 1. The lowest BCUT2D eigenvalue weighted by Gasteiger charge is -2.26. The van der Waals surface area contributed by atoms with Gasteiger partial charge in [-0.1, -0.05) is 25.4 Å². The molecule has 0 radical (unpaired) electrons. The van der Waals surface area contributed by atoms with Gasteiger partial charge >= 0.3 is 0 Å². The molecule has 2 rings (SSSR count). The van der Waals surface area contributed by atoms with Crippen molar-refractivity contribution in [1.29, 1.82) is 0 Å². The Hall–Kier alpha value is -0.630. The lowest BCUT2D eigenvalue weighted by Crippen LogP contribution is -2.43. The van der Waals surface area contributed by atoms with Crippen molar-refractivity contribution in [2.24, 2.45) is 5.92 Å². The van der Waals surface area contributed by atoms with Crippen LogP contribution >= 0.6 is 22.9 Å². The van der Waals surface area contributed by atoms with Crippen molar-refractivity contribution in [3.8, 4) is 0 Å². The highest BCUT2D eigenvalue weighted by atomic mass is 35.5. The Morgan fingerprint density at radius 2 is 2.05 bits per heavy atom. The van der Waals surface area contributed by atoms with Crippen LogP contribution in [0.15, 0.2) is 16.3 Å². The topological polar surface area (TPSA) is 57.7 Å². The zero-order valence-corrected chi connectivity index (χ0v) is 15.3. The monoisotopic (exact) mass is 364 g/mol. The van der Waals surface area contributed by atoms with Crippen LogP contribution in [0.1, 0.15) is 26.7 Å². The van der Waals surface area contributed by atoms with Crippen molar-refractivity contribution < 1.29 is 13.2 Å². The van der Waals surface area contributed by atoms with Crippen LogP contribution in [0, 0.1) is 5.92 Å². The van der Waals surface area contributed by atoms with Crippen molar-refractivity contribution in [3.63, 3.8) is 0 Å². The van der Waals surface area contributed by atoms with Crippen LogP contribution in [0.4, 0.5) is 0 Å². The van der Waals surface area contributed by atoms with Crippen LogP contribution in [0.5, 0.6) is 0 Å². The van der Waals surface area contributed by atoms with Gasteiger partial charge in [0.25, 0.3) is 10.0 Å². The number of nitrogens with zero attached hydrogens (tertiary/aromatic N) is 2. The fourth-order valence-corrected chi connectivity index (χ4v) is 5.00. The Bertz CT molecular complexity index is 638. The standard InChI is InChI=1S/C14H21ClN2O3S2/c1-10(2)8-17(11-4-5-11)13(18)9-16(3)22(19,20)14-7-6-12(15)21-14/h6-7,10-11H,4-5,8-9H2,1-3H3. The minimum absolute atomic E-state index is 0.134. The Balaban J connectivity index is 2.06. The third-order valence-corrected chi connectivity index (χ3v) is 6.94. The minimum atomic E-state index is -3.66. The van der Waals surface area contributed by atoms with Crippen molar-refractivity contribution in [3.05, 3.63) is 16.5 Å². The summed E-state index contributed by atoms with van der Waals surface area (Å²) in [7, 11) is -2.23. The first-order valence-corrected chi connectivity index (χ1v) is 9.86. The van der Waals surface area contributed by atoms with Gasteiger partial charge in [-0.2, -0.15) is 4.31 Å². The van der Waals surface area contributed by atoms with Gasteiger partial charge in [-0.25, -0.2) is 8.42 Å². The molecule has 1 fully saturated rings. The SMILES string of the molecule is CC(C)CN(C(=O)CN(C)S(=O)(=O)c1ccc(Cl)s1)C1CC1. The van der Waals surface area contributed by atoms with Gasteiger partial charge in [-0.3, -0.25) is 4.79 Å². The van der Waals surface area contributed by atoms with E-state index in [1.165, 1.54) is 13.1 Å². The highest BCUT2D eigenvalue weighted by molar-refractivity contribution is 7.91. The first-order valence-electron chi connectivity index (χ1n) is 7.23. The van der Waals surface area contributed by atoms with E-state index in [-0.39, 0.29) is 22.7 Å². The first-order chi connectivity index (χ1) is 10.2. The summed E-state index contributed by atoms with van der Waals surface area (Å²) in [5.41, 5.74) is 0.